The van der Waals surface area contributed by atoms with Crippen LogP contribution < -0.4 is 9.64 Å². The van der Waals surface area contributed by atoms with Gasteiger partial charge in [0.25, 0.3) is 0 Å². The van der Waals surface area contributed by atoms with Crippen molar-refractivity contribution in [3.8, 4) is 5.75 Å². The summed E-state index contributed by atoms with van der Waals surface area (Å²) >= 11 is 0. The van der Waals surface area contributed by atoms with Crippen molar-refractivity contribution >= 4 is 5.69 Å². The molecule has 0 aliphatic rings. The van der Waals surface area contributed by atoms with Crippen LogP contribution in [0.4, 0.5) is 5.69 Å². The van der Waals surface area contributed by atoms with E-state index in [-0.39, 0.29) is 0 Å². The van der Waals surface area contributed by atoms with E-state index in [1.165, 1.54) is 11.3 Å². The molecular formula is C18H23NO2. The first kappa shape index (κ1) is 15.4. The number of aliphatic hydroxyl groups excluding tert-OH is 1. The lowest BCUT2D eigenvalue weighted by Gasteiger charge is -2.23. The van der Waals surface area contributed by atoms with Crippen LogP contribution in [-0.4, -0.2) is 19.3 Å². The molecule has 0 aliphatic carbocycles. The summed E-state index contributed by atoms with van der Waals surface area (Å²) in [6.45, 7) is 4.61. The lowest BCUT2D eigenvalue weighted by Crippen LogP contribution is -2.18. The second-order valence-electron chi connectivity index (χ2n) is 5.39. The third-order valence-corrected chi connectivity index (χ3v) is 3.72. The molecule has 0 bridgehead atoms. The zero-order valence-corrected chi connectivity index (χ0v) is 13.1. The monoisotopic (exact) mass is 285 g/mol. The van der Waals surface area contributed by atoms with Crippen LogP contribution in [0.1, 0.15) is 29.7 Å². The molecule has 0 saturated heterocycles. The molecule has 3 heteroatoms. The lowest BCUT2D eigenvalue weighted by molar-refractivity contribution is 0.199. The van der Waals surface area contributed by atoms with Crippen molar-refractivity contribution in [2.24, 2.45) is 0 Å². The quantitative estimate of drug-likeness (QED) is 0.909. The number of hydrogen-bond acceptors (Lipinski definition) is 3. The molecule has 0 aromatic heterocycles. The minimum absolute atomic E-state index is 0.474. The van der Waals surface area contributed by atoms with Gasteiger partial charge in [0.1, 0.15) is 5.75 Å². The third-order valence-electron chi connectivity index (χ3n) is 3.72. The molecule has 21 heavy (non-hydrogen) atoms. The maximum atomic E-state index is 9.75. The average Bonchev–Trinajstić information content (AvgIpc) is 2.47. The van der Waals surface area contributed by atoms with Crippen LogP contribution in [0.5, 0.6) is 5.75 Å². The highest BCUT2D eigenvalue weighted by Crippen LogP contribution is 2.27. The first-order valence-corrected chi connectivity index (χ1v) is 7.14. The Morgan fingerprint density at radius 3 is 2.52 bits per heavy atom. The number of aliphatic hydroxyl groups is 1. The molecule has 0 amide bonds. The van der Waals surface area contributed by atoms with Crippen LogP contribution in [0, 0.1) is 6.92 Å². The fraction of sp³-hybridized carbons (Fsp3) is 0.333. The largest absolute Gasteiger partial charge is 0.496 e. The van der Waals surface area contributed by atoms with Crippen LogP contribution in [-0.2, 0) is 6.54 Å². The van der Waals surface area contributed by atoms with Crippen molar-refractivity contribution in [1.29, 1.82) is 0 Å². The molecule has 0 radical (unpaired) electrons. The number of hydrogen-bond donors (Lipinski definition) is 1. The molecule has 1 N–H and O–H groups in total. The first-order valence-electron chi connectivity index (χ1n) is 7.14. The highest BCUT2D eigenvalue weighted by molar-refractivity contribution is 5.53. The molecule has 112 valence electrons. The number of benzene rings is 2. The van der Waals surface area contributed by atoms with Gasteiger partial charge < -0.3 is 14.7 Å². The SMILES string of the molecule is COc1ccc(C(C)O)cc1CN(C)c1ccccc1C. The summed E-state index contributed by atoms with van der Waals surface area (Å²) in [7, 11) is 3.74. The Morgan fingerprint density at radius 2 is 1.90 bits per heavy atom. The van der Waals surface area contributed by atoms with Gasteiger partial charge in [-0.15, -0.1) is 0 Å². The van der Waals surface area contributed by atoms with Gasteiger partial charge >= 0.3 is 0 Å². The zero-order valence-electron chi connectivity index (χ0n) is 13.1. The molecular weight excluding hydrogens is 262 g/mol. The predicted octanol–water partition coefficient (Wildman–Crippen LogP) is 3.69. The normalized spacial score (nSPS) is 12.0. The molecule has 0 spiro atoms. The van der Waals surface area contributed by atoms with Crippen LogP contribution >= 0.6 is 0 Å². The molecule has 0 saturated carbocycles. The molecule has 0 heterocycles. The third kappa shape index (κ3) is 3.56. The summed E-state index contributed by atoms with van der Waals surface area (Å²) < 4.78 is 5.44. The average molecular weight is 285 g/mol. The second kappa shape index (κ2) is 6.64. The zero-order chi connectivity index (χ0) is 15.4. The smallest absolute Gasteiger partial charge is 0.123 e. The molecule has 2 aromatic rings. The van der Waals surface area contributed by atoms with Gasteiger partial charge in [0, 0.05) is 24.8 Å². The number of aryl methyl sites for hydroxylation is 1. The molecule has 3 nitrogen and oxygen atoms in total. The van der Waals surface area contributed by atoms with Crippen molar-refractivity contribution in [3.63, 3.8) is 0 Å². The van der Waals surface area contributed by atoms with E-state index in [0.29, 0.717) is 0 Å². The molecule has 0 fully saturated rings. The number of rotatable bonds is 5. The van der Waals surface area contributed by atoms with Gasteiger partial charge in [-0.1, -0.05) is 24.3 Å². The minimum Gasteiger partial charge on any atom is -0.496 e. The Hall–Kier alpha value is -2.00. The fourth-order valence-corrected chi connectivity index (χ4v) is 2.51. The fourth-order valence-electron chi connectivity index (χ4n) is 2.51. The Kier molecular flexibility index (Phi) is 4.86. The van der Waals surface area contributed by atoms with E-state index in [9.17, 15) is 5.11 Å². The Bertz CT molecular complexity index is 608. The van der Waals surface area contributed by atoms with Gasteiger partial charge in [0.05, 0.1) is 13.2 Å². The van der Waals surface area contributed by atoms with Crippen molar-refractivity contribution in [2.75, 3.05) is 19.1 Å². The number of ether oxygens (including phenoxy) is 1. The van der Waals surface area contributed by atoms with Crippen LogP contribution in [0.25, 0.3) is 0 Å². The maximum Gasteiger partial charge on any atom is 0.123 e. The predicted molar refractivity (Wildman–Crippen MR) is 86.9 cm³/mol. The highest BCUT2D eigenvalue weighted by Gasteiger charge is 2.11. The van der Waals surface area contributed by atoms with Crippen molar-refractivity contribution < 1.29 is 9.84 Å². The Morgan fingerprint density at radius 1 is 1.19 bits per heavy atom. The van der Waals surface area contributed by atoms with E-state index >= 15 is 0 Å². The van der Waals surface area contributed by atoms with Crippen LogP contribution in [0.3, 0.4) is 0 Å². The summed E-state index contributed by atoms with van der Waals surface area (Å²) in [4.78, 5) is 2.19. The summed E-state index contributed by atoms with van der Waals surface area (Å²) in [5.74, 6) is 0.847. The lowest BCUT2D eigenvalue weighted by atomic mass is 10.0. The van der Waals surface area contributed by atoms with Gasteiger partial charge in [-0.25, -0.2) is 0 Å². The van der Waals surface area contributed by atoms with Crippen molar-refractivity contribution in [2.45, 2.75) is 26.5 Å². The first-order chi connectivity index (χ1) is 10.0. The molecule has 2 rings (SSSR count). The second-order valence-corrected chi connectivity index (χ2v) is 5.39. The number of anilines is 1. The van der Waals surface area contributed by atoms with E-state index in [0.717, 1.165) is 23.4 Å². The number of para-hydroxylation sites is 1. The van der Waals surface area contributed by atoms with Crippen LogP contribution in [0.2, 0.25) is 0 Å². The van der Waals surface area contributed by atoms with Crippen molar-refractivity contribution in [1.82, 2.24) is 0 Å². The maximum absolute atomic E-state index is 9.75. The van der Waals surface area contributed by atoms with Gasteiger partial charge in [-0.05, 0) is 43.2 Å². The molecule has 0 aliphatic heterocycles. The van der Waals surface area contributed by atoms with Gasteiger partial charge in [-0.2, -0.15) is 0 Å². The van der Waals surface area contributed by atoms with E-state index in [1.54, 1.807) is 14.0 Å². The van der Waals surface area contributed by atoms with Gasteiger partial charge in [0.15, 0.2) is 0 Å². The van der Waals surface area contributed by atoms with Crippen LogP contribution in [0.15, 0.2) is 42.5 Å². The number of nitrogens with zero attached hydrogens (tertiary/aromatic N) is 1. The summed E-state index contributed by atoms with van der Waals surface area (Å²) in [6, 6.07) is 14.1. The summed E-state index contributed by atoms with van der Waals surface area (Å²) in [5.41, 5.74) is 4.42. The Balaban J connectivity index is 2.29. The summed E-state index contributed by atoms with van der Waals surface area (Å²) in [5, 5.41) is 9.75. The van der Waals surface area contributed by atoms with E-state index in [2.05, 4.69) is 31.0 Å². The molecule has 1 atom stereocenters. The number of methoxy groups -OCH3 is 1. The van der Waals surface area contributed by atoms with Gasteiger partial charge in [-0.3, -0.25) is 0 Å². The molecule has 2 aromatic carbocycles. The van der Waals surface area contributed by atoms with Gasteiger partial charge in [0.2, 0.25) is 0 Å². The van der Waals surface area contributed by atoms with Crippen molar-refractivity contribution in [3.05, 3.63) is 59.2 Å². The Labute approximate surface area is 126 Å². The van der Waals surface area contributed by atoms with E-state index < -0.39 is 6.10 Å². The standard InChI is InChI=1S/C18H23NO2/c1-13-7-5-6-8-17(13)19(3)12-16-11-15(14(2)20)9-10-18(16)21-4/h5-11,14,20H,12H2,1-4H3. The molecule has 1 unspecified atom stereocenters. The highest BCUT2D eigenvalue weighted by atomic mass is 16.5. The van der Waals surface area contributed by atoms with E-state index in [1.807, 2.05) is 30.3 Å². The topological polar surface area (TPSA) is 32.7 Å². The minimum atomic E-state index is -0.474. The summed E-state index contributed by atoms with van der Waals surface area (Å²) in [6.07, 6.45) is -0.474. The van der Waals surface area contributed by atoms with E-state index in [4.69, 9.17) is 4.74 Å².